The number of hydrogen-bond acceptors (Lipinski definition) is 4. The number of hydrogen-bond donors (Lipinski definition) is 1. The fourth-order valence-corrected chi connectivity index (χ4v) is 6.11. The molecule has 0 aromatic heterocycles. The van der Waals surface area contributed by atoms with Gasteiger partial charge in [0.1, 0.15) is 12.6 Å². The largest absolute Gasteiger partial charge is 0.354 e. The molecular formula is C28H30Cl3N3O4S. The molecule has 0 bridgehead atoms. The second-order valence-corrected chi connectivity index (χ2v) is 12.0. The van der Waals surface area contributed by atoms with Crippen molar-refractivity contribution in [1.29, 1.82) is 0 Å². The lowest BCUT2D eigenvalue weighted by atomic mass is 10.1. The average Bonchev–Trinajstić information content (AvgIpc) is 2.92. The normalized spacial score (nSPS) is 12.1. The topological polar surface area (TPSA) is 86.8 Å². The molecule has 0 spiro atoms. The summed E-state index contributed by atoms with van der Waals surface area (Å²) in [5.41, 5.74) is 1.18. The van der Waals surface area contributed by atoms with E-state index in [0.29, 0.717) is 39.2 Å². The van der Waals surface area contributed by atoms with E-state index >= 15 is 0 Å². The molecule has 2 amide bonds. The molecule has 0 fully saturated rings. The van der Waals surface area contributed by atoms with Crippen LogP contribution in [0.2, 0.25) is 15.1 Å². The van der Waals surface area contributed by atoms with Crippen LogP contribution in [0.25, 0.3) is 0 Å². The molecule has 3 aromatic rings. The van der Waals surface area contributed by atoms with Crippen LogP contribution in [-0.4, -0.2) is 44.3 Å². The van der Waals surface area contributed by atoms with Crippen LogP contribution in [0, 0.1) is 6.92 Å². The highest BCUT2D eigenvalue weighted by atomic mass is 35.5. The summed E-state index contributed by atoms with van der Waals surface area (Å²) < 4.78 is 28.7. The Morgan fingerprint density at radius 1 is 0.897 bits per heavy atom. The molecule has 0 aliphatic heterocycles. The Morgan fingerprint density at radius 3 is 2.10 bits per heavy atom. The van der Waals surface area contributed by atoms with Crippen LogP contribution in [0.5, 0.6) is 0 Å². The number of halogens is 3. The first kappa shape index (κ1) is 30.8. The first-order valence-electron chi connectivity index (χ1n) is 12.3. The van der Waals surface area contributed by atoms with Crippen molar-refractivity contribution in [3.05, 3.63) is 92.9 Å². The van der Waals surface area contributed by atoms with Gasteiger partial charge in [-0.2, -0.15) is 0 Å². The molecule has 0 saturated carbocycles. The number of anilines is 1. The van der Waals surface area contributed by atoms with Crippen molar-refractivity contribution in [2.24, 2.45) is 0 Å². The summed E-state index contributed by atoms with van der Waals surface area (Å²) in [6, 6.07) is 16.6. The van der Waals surface area contributed by atoms with Gasteiger partial charge in [0.05, 0.1) is 10.6 Å². The van der Waals surface area contributed by atoms with Gasteiger partial charge in [0, 0.05) is 33.7 Å². The molecule has 1 N–H and O–H groups in total. The van der Waals surface area contributed by atoms with Gasteiger partial charge in [0.15, 0.2) is 0 Å². The first-order valence-corrected chi connectivity index (χ1v) is 14.9. The second-order valence-electron chi connectivity index (χ2n) is 8.90. The third-order valence-electron chi connectivity index (χ3n) is 6.22. The SMILES string of the molecule is CCCNC(=O)C(C)N(Cc1c(Cl)cccc1Cl)C(=O)CN(c1cccc(Cl)c1C)S(=O)(=O)c1ccccc1. The van der Waals surface area contributed by atoms with Crippen molar-refractivity contribution < 1.29 is 18.0 Å². The number of nitrogens with one attached hydrogen (secondary N) is 1. The number of carbonyl (C=O) groups excluding carboxylic acids is 2. The quantitative estimate of drug-likeness (QED) is 0.285. The van der Waals surface area contributed by atoms with Crippen molar-refractivity contribution in [2.45, 2.75) is 44.7 Å². The third-order valence-corrected chi connectivity index (χ3v) is 9.12. The Morgan fingerprint density at radius 2 is 1.49 bits per heavy atom. The fourth-order valence-electron chi connectivity index (χ4n) is 3.93. The Balaban J connectivity index is 2.09. The van der Waals surface area contributed by atoms with E-state index in [4.69, 9.17) is 34.8 Å². The van der Waals surface area contributed by atoms with Gasteiger partial charge in [-0.25, -0.2) is 8.42 Å². The Kier molecular flexibility index (Phi) is 10.7. The standard InChI is InChI=1S/C28H30Cl3N3O4S/c1-4-16-32-28(36)20(3)33(17-22-24(30)13-8-14-25(22)31)27(35)18-34(26-15-9-12-23(29)19(26)2)39(37,38)21-10-6-5-7-11-21/h5-15,20H,4,16-18H2,1-3H3,(H,32,36). The van der Waals surface area contributed by atoms with E-state index in [9.17, 15) is 18.0 Å². The van der Waals surface area contributed by atoms with Gasteiger partial charge in [0.25, 0.3) is 10.0 Å². The van der Waals surface area contributed by atoms with Gasteiger partial charge in [-0.05, 0) is 62.2 Å². The third kappa shape index (κ3) is 7.25. The molecule has 0 radical (unpaired) electrons. The van der Waals surface area contributed by atoms with Crippen LogP contribution in [0.15, 0.2) is 71.6 Å². The molecule has 39 heavy (non-hydrogen) atoms. The molecule has 0 heterocycles. The van der Waals surface area contributed by atoms with Crippen molar-refractivity contribution >= 4 is 62.3 Å². The van der Waals surface area contributed by atoms with Gasteiger partial charge in [-0.3, -0.25) is 13.9 Å². The smallest absolute Gasteiger partial charge is 0.264 e. The average molecular weight is 611 g/mol. The molecule has 0 aliphatic rings. The molecule has 11 heteroatoms. The molecular weight excluding hydrogens is 581 g/mol. The highest BCUT2D eigenvalue weighted by molar-refractivity contribution is 7.92. The zero-order valence-corrected chi connectivity index (χ0v) is 24.9. The number of rotatable bonds is 11. The lowest BCUT2D eigenvalue weighted by molar-refractivity contribution is -0.139. The van der Waals surface area contributed by atoms with Crippen LogP contribution in [0.4, 0.5) is 5.69 Å². The predicted octanol–water partition coefficient (Wildman–Crippen LogP) is 6.09. The van der Waals surface area contributed by atoms with Gasteiger partial charge in [0.2, 0.25) is 11.8 Å². The summed E-state index contributed by atoms with van der Waals surface area (Å²) in [7, 11) is -4.20. The monoisotopic (exact) mass is 609 g/mol. The molecule has 3 aromatic carbocycles. The summed E-state index contributed by atoms with van der Waals surface area (Å²) in [5, 5.41) is 3.78. The van der Waals surface area contributed by atoms with Crippen LogP contribution >= 0.6 is 34.8 Å². The minimum Gasteiger partial charge on any atom is -0.354 e. The first-order chi connectivity index (χ1) is 18.5. The van der Waals surface area contributed by atoms with Crippen molar-refractivity contribution in [3.8, 4) is 0 Å². The molecule has 1 atom stereocenters. The predicted molar refractivity (Wildman–Crippen MR) is 157 cm³/mol. The zero-order chi connectivity index (χ0) is 28.7. The lowest BCUT2D eigenvalue weighted by Crippen LogP contribution is -2.51. The van der Waals surface area contributed by atoms with Crippen LogP contribution in [0.1, 0.15) is 31.4 Å². The van der Waals surface area contributed by atoms with Gasteiger partial charge in [-0.15, -0.1) is 0 Å². The van der Waals surface area contributed by atoms with E-state index in [0.717, 1.165) is 4.31 Å². The highest BCUT2D eigenvalue weighted by Gasteiger charge is 2.33. The van der Waals surface area contributed by atoms with Gasteiger partial charge < -0.3 is 10.2 Å². The van der Waals surface area contributed by atoms with Crippen molar-refractivity contribution in [2.75, 3.05) is 17.4 Å². The second kappa shape index (κ2) is 13.5. The number of nitrogens with zero attached hydrogens (tertiary/aromatic N) is 2. The highest BCUT2D eigenvalue weighted by Crippen LogP contribution is 2.32. The molecule has 3 rings (SSSR count). The fraction of sp³-hybridized carbons (Fsp3) is 0.286. The van der Waals surface area contributed by atoms with Crippen LogP contribution < -0.4 is 9.62 Å². The van der Waals surface area contributed by atoms with Crippen molar-refractivity contribution in [3.63, 3.8) is 0 Å². The van der Waals surface area contributed by atoms with Crippen molar-refractivity contribution in [1.82, 2.24) is 10.2 Å². The number of benzene rings is 3. The number of carbonyl (C=O) groups is 2. The minimum absolute atomic E-state index is 0.00612. The molecule has 1 unspecified atom stereocenters. The maximum Gasteiger partial charge on any atom is 0.264 e. The summed E-state index contributed by atoms with van der Waals surface area (Å²) in [5.74, 6) is -1.01. The minimum atomic E-state index is -4.20. The zero-order valence-electron chi connectivity index (χ0n) is 21.8. The molecule has 208 valence electrons. The summed E-state index contributed by atoms with van der Waals surface area (Å²) >= 11 is 19.1. The van der Waals surface area contributed by atoms with Gasteiger partial charge >= 0.3 is 0 Å². The maximum atomic E-state index is 14.0. The molecule has 7 nitrogen and oxygen atoms in total. The van der Waals surface area contributed by atoms with E-state index < -0.39 is 28.5 Å². The van der Waals surface area contributed by atoms with E-state index in [1.165, 1.54) is 17.0 Å². The number of amides is 2. The number of sulfonamides is 1. The van der Waals surface area contributed by atoms with E-state index in [1.807, 2.05) is 6.92 Å². The maximum absolute atomic E-state index is 14.0. The van der Waals surface area contributed by atoms with Crippen LogP contribution in [0.3, 0.4) is 0 Å². The summed E-state index contributed by atoms with van der Waals surface area (Å²) in [4.78, 5) is 28.2. The van der Waals surface area contributed by atoms with Crippen LogP contribution in [-0.2, 0) is 26.2 Å². The Bertz CT molecular complexity index is 1410. The Labute approximate surface area is 244 Å². The summed E-state index contributed by atoms with van der Waals surface area (Å²) in [6.07, 6.45) is 0.708. The van der Waals surface area contributed by atoms with E-state index in [1.54, 1.807) is 68.4 Å². The molecule has 0 aliphatic carbocycles. The van der Waals surface area contributed by atoms with E-state index in [-0.39, 0.29) is 23.0 Å². The van der Waals surface area contributed by atoms with E-state index in [2.05, 4.69) is 5.32 Å². The lowest BCUT2D eigenvalue weighted by Gasteiger charge is -2.32. The van der Waals surface area contributed by atoms with Gasteiger partial charge in [-0.1, -0.05) is 72.1 Å². The summed E-state index contributed by atoms with van der Waals surface area (Å²) in [6.45, 7) is 4.90. The molecule has 0 saturated heterocycles. The Hall–Kier alpha value is -2.78.